The summed E-state index contributed by atoms with van der Waals surface area (Å²) in [6.45, 7) is 17.6. The number of amides is 2. The standard InChI is InChI=1S/C35H51N3O4/c1-23(2)29(21-24(3)25(4)39)38(11)33(41)31(34(5,6)7)37-32(40)30(36-10)35(8,9)27-17-19-28(20-18-27)42-22-26-15-13-12-14-16-26/h12-21,23,29-31,36H,22H2,1-11H3,(H,37,40)/b24-21+/t29-,30-,31-/m1/s1. The first kappa shape index (κ1) is 34.7. The third-order valence-corrected chi connectivity index (χ3v) is 7.97. The van der Waals surface area contributed by atoms with Crippen LogP contribution in [0.3, 0.4) is 0 Å². The fourth-order valence-corrected chi connectivity index (χ4v) is 5.06. The highest BCUT2D eigenvalue weighted by Crippen LogP contribution is 2.30. The van der Waals surface area contributed by atoms with E-state index in [0.29, 0.717) is 12.2 Å². The first-order valence-electron chi connectivity index (χ1n) is 14.7. The van der Waals surface area contributed by atoms with Crippen LogP contribution in [0, 0.1) is 11.3 Å². The van der Waals surface area contributed by atoms with Crippen LogP contribution in [-0.2, 0) is 26.4 Å². The van der Waals surface area contributed by atoms with Crippen molar-refractivity contribution in [2.75, 3.05) is 14.1 Å². The highest BCUT2D eigenvalue weighted by molar-refractivity contribution is 5.93. The number of benzene rings is 2. The molecule has 0 unspecified atom stereocenters. The van der Waals surface area contributed by atoms with Gasteiger partial charge in [0.25, 0.3) is 0 Å². The van der Waals surface area contributed by atoms with E-state index >= 15 is 0 Å². The lowest BCUT2D eigenvalue weighted by atomic mass is 9.76. The van der Waals surface area contributed by atoms with Gasteiger partial charge >= 0.3 is 0 Å². The minimum absolute atomic E-state index is 0.0305. The van der Waals surface area contributed by atoms with Crippen LogP contribution in [-0.4, -0.2) is 54.7 Å². The molecule has 0 aliphatic heterocycles. The van der Waals surface area contributed by atoms with Crippen LogP contribution in [0.15, 0.2) is 66.2 Å². The zero-order valence-electron chi connectivity index (χ0n) is 27.4. The third-order valence-electron chi connectivity index (χ3n) is 7.97. The Morgan fingerprint density at radius 3 is 1.95 bits per heavy atom. The average molecular weight is 578 g/mol. The van der Waals surface area contributed by atoms with Crippen molar-refractivity contribution in [2.45, 2.75) is 92.5 Å². The maximum Gasteiger partial charge on any atom is 0.245 e. The number of rotatable bonds is 13. The Labute approximate surface area is 253 Å². The molecule has 2 amide bonds. The predicted molar refractivity (Wildman–Crippen MR) is 170 cm³/mol. The summed E-state index contributed by atoms with van der Waals surface area (Å²) in [5, 5.41) is 6.27. The zero-order chi connectivity index (χ0) is 31.8. The normalized spacial score (nSPS) is 14.6. The Balaban J connectivity index is 2.26. The molecule has 0 fully saturated rings. The summed E-state index contributed by atoms with van der Waals surface area (Å²) in [4.78, 5) is 41.3. The van der Waals surface area contributed by atoms with Gasteiger partial charge in [-0.2, -0.15) is 0 Å². The van der Waals surface area contributed by atoms with Crippen molar-refractivity contribution in [3.63, 3.8) is 0 Å². The quantitative estimate of drug-likeness (QED) is 0.299. The molecule has 0 saturated heterocycles. The average Bonchev–Trinajstić information content (AvgIpc) is 2.92. The van der Waals surface area contributed by atoms with E-state index in [4.69, 9.17) is 4.74 Å². The Morgan fingerprint density at radius 1 is 0.905 bits per heavy atom. The minimum atomic E-state index is -0.775. The van der Waals surface area contributed by atoms with E-state index < -0.39 is 22.9 Å². The lowest BCUT2D eigenvalue weighted by molar-refractivity contribution is -0.140. The summed E-state index contributed by atoms with van der Waals surface area (Å²) in [6, 6.07) is 16.1. The Morgan fingerprint density at radius 2 is 1.48 bits per heavy atom. The van der Waals surface area contributed by atoms with Gasteiger partial charge in [0, 0.05) is 12.5 Å². The van der Waals surface area contributed by atoms with Crippen LogP contribution in [0.25, 0.3) is 0 Å². The molecule has 3 atom stereocenters. The SMILES string of the molecule is CN[C@H](C(=O)N[C@H](C(=O)N(C)[C@H](/C=C(\C)C(C)=O)C(C)C)C(C)(C)C)C(C)(C)c1ccc(OCc2ccccc2)cc1. The minimum Gasteiger partial charge on any atom is -0.489 e. The van der Waals surface area contributed by atoms with Gasteiger partial charge in [-0.15, -0.1) is 0 Å². The van der Waals surface area contributed by atoms with Crippen LogP contribution in [0.4, 0.5) is 0 Å². The summed E-state index contributed by atoms with van der Waals surface area (Å²) in [7, 11) is 3.50. The van der Waals surface area contributed by atoms with Gasteiger partial charge in [-0.1, -0.05) is 97.0 Å². The molecule has 0 aliphatic rings. The molecule has 0 spiro atoms. The molecular formula is C35H51N3O4. The van der Waals surface area contributed by atoms with Crippen LogP contribution in [0.1, 0.15) is 73.4 Å². The van der Waals surface area contributed by atoms with Gasteiger partial charge in [-0.25, -0.2) is 0 Å². The maximum absolute atomic E-state index is 13.9. The number of nitrogens with one attached hydrogen (secondary N) is 2. The number of likely N-dealkylation sites (N-methyl/N-ethyl adjacent to an activating group) is 2. The van der Waals surface area contributed by atoms with Crippen LogP contribution in [0.5, 0.6) is 5.75 Å². The fraction of sp³-hybridized carbons (Fsp3) is 0.514. The predicted octanol–water partition coefficient (Wildman–Crippen LogP) is 5.68. The summed E-state index contributed by atoms with van der Waals surface area (Å²) in [6.07, 6.45) is 1.85. The molecule has 2 rings (SSSR count). The maximum atomic E-state index is 13.9. The van der Waals surface area contributed by atoms with Gasteiger partial charge in [0.15, 0.2) is 5.78 Å². The van der Waals surface area contributed by atoms with Crippen molar-refractivity contribution >= 4 is 17.6 Å². The molecule has 0 bridgehead atoms. The van der Waals surface area contributed by atoms with Crippen molar-refractivity contribution in [3.8, 4) is 5.75 Å². The van der Waals surface area contributed by atoms with E-state index in [0.717, 1.165) is 16.9 Å². The molecule has 7 nitrogen and oxygen atoms in total. The molecule has 0 radical (unpaired) electrons. The molecular weight excluding hydrogens is 526 g/mol. The second-order valence-electron chi connectivity index (χ2n) is 13.1. The number of Topliss-reactive ketones (excluding diaryl/α,β-unsaturated/α-hetero) is 1. The Kier molecular flexibility index (Phi) is 12.1. The van der Waals surface area contributed by atoms with Crippen LogP contribution >= 0.6 is 0 Å². The Hall–Kier alpha value is -3.45. The zero-order valence-corrected chi connectivity index (χ0v) is 27.4. The summed E-state index contributed by atoms with van der Waals surface area (Å²) in [5.41, 5.74) is 1.51. The first-order chi connectivity index (χ1) is 19.5. The highest BCUT2D eigenvalue weighted by Gasteiger charge is 2.41. The van der Waals surface area contributed by atoms with Crippen molar-refractivity contribution in [1.29, 1.82) is 0 Å². The molecule has 7 heteroatoms. The van der Waals surface area contributed by atoms with Crippen LogP contribution in [0.2, 0.25) is 0 Å². The van der Waals surface area contributed by atoms with E-state index in [1.165, 1.54) is 6.92 Å². The van der Waals surface area contributed by atoms with Gasteiger partial charge in [0.1, 0.15) is 18.4 Å². The van der Waals surface area contributed by atoms with E-state index in [1.807, 2.05) is 109 Å². The van der Waals surface area contributed by atoms with Gasteiger partial charge in [0.2, 0.25) is 11.8 Å². The fourth-order valence-electron chi connectivity index (χ4n) is 5.06. The van der Waals surface area contributed by atoms with E-state index in [-0.39, 0.29) is 29.6 Å². The molecule has 42 heavy (non-hydrogen) atoms. The largest absolute Gasteiger partial charge is 0.489 e. The third kappa shape index (κ3) is 9.02. The Bertz CT molecular complexity index is 1230. The lowest BCUT2D eigenvalue weighted by Gasteiger charge is -2.40. The summed E-state index contributed by atoms with van der Waals surface area (Å²) in [5.74, 6) is 0.337. The van der Waals surface area contributed by atoms with Gasteiger partial charge in [0.05, 0.1) is 12.1 Å². The van der Waals surface area contributed by atoms with Crippen molar-refractivity contribution in [3.05, 3.63) is 77.4 Å². The molecule has 0 aromatic heterocycles. The van der Waals surface area contributed by atoms with Gasteiger partial charge in [-0.05, 0) is 61.1 Å². The summed E-state index contributed by atoms with van der Waals surface area (Å²) < 4.78 is 5.95. The number of ether oxygens (including phenoxy) is 1. The lowest BCUT2D eigenvalue weighted by Crippen LogP contribution is -2.61. The molecule has 0 aliphatic carbocycles. The number of ketones is 1. The van der Waals surface area contributed by atoms with E-state index in [2.05, 4.69) is 10.6 Å². The number of carbonyl (C=O) groups is 3. The van der Waals surface area contributed by atoms with Gasteiger partial charge in [-0.3, -0.25) is 14.4 Å². The highest BCUT2D eigenvalue weighted by atomic mass is 16.5. The topological polar surface area (TPSA) is 87.7 Å². The number of nitrogens with zero attached hydrogens (tertiary/aromatic N) is 1. The summed E-state index contributed by atoms with van der Waals surface area (Å²) >= 11 is 0. The molecule has 2 N–H and O–H groups in total. The van der Waals surface area contributed by atoms with E-state index in [9.17, 15) is 14.4 Å². The first-order valence-corrected chi connectivity index (χ1v) is 14.7. The molecule has 0 heterocycles. The van der Waals surface area contributed by atoms with Crippen molar-refractivity contribution in [2.24, 2.45) is 11.3 Å². The molecule has 230 valence electrons. The van der Waals surface area contributed by atoms with E-state index in [1.54, 1.807) is 25.9 Å². The molecule has 0 saturated carbocycles. The second-order valence-corrected chi connectivity index (χ2v) is 13.1. The smallest absolute Gasteiger partial charge is 0.245 e. The molecule has 2 aromatic carbocycles. The molecule has 2 aromatic rings. The van der Waals surface area contributed by atoms with Crippen molar-refractivity contribution < 1.29 is 19.1 Å². The van der Waals surface area contributed by atoms with Crippen LogP contribution < -0.4 is 15.4 Å². The number of hydrogen-bond donors (Lipinski definition) is 2. The van der Waals surface area contributed by atoms with Gasteiger partial charge < -0.3 is 20.3 Å². The monoisotopic (exact) mass is 577 g/mol. The second kappa shape index (κ2) is 14.6. The number of hydrogen-bond acceptors (Lipinski definition) is 5. The number of allylic oxidation sites excluding steroid dienone is 1. The van der Waals surface area contributed by atoms with Crippen molar-refractivity contribution in [1.82, 2.24) is 15.5 Å². The number of carbonyl (C=O) groups excluding carboxylic acids is 3.